The molecule has 1 aliphatic heterocycles. The SMILES string of the molecule is Cc1c(CN2CCCn3nc([C@H](C)O)cc3C2)[nH]c2ccc(Cl)cc12. The van der Waals surface area contributed by atoms with Gasteiger partial charge in [-0.15, -0.1) is 0 Å². The Hall–Kier alpha value is -1.82. The van der Waals surface area contributed by atoms with Crippen molar-refractivity contribution >= 4 is 22.5 Å². The van der Waals surface area contributed by atoms with Gasteiger partial charge < -0.3 is 10.1 Å². The summed E-state index contributed by atoms with van der Waals surface area (Å²) in [6.45, 7) is 7.56. The third-order valence-electron chi connectivity index (χ3n) is 5.05. The predicted molar refractivity (Wildman–Crippen MR) is 99.6 cm³/mol. The molecule has 0 amide bonds. The zero-order valence-corrected chi connectivity index (χ0v) is 15.3. The molecule has 0 saturated heterocycles. The van der Waals surface area contributed by atoms with Crippen molar-refractivity contribution in [1.29, 1.82) is 0 Å². The van der Waals surface area contributed by atoms with Crippen molar-refractivity contribution in [1.82, 2.24) is 19.7 Å². The van der Waals surface area contributed by atoms with Crippen molar-refractivity contribution in [3.63, 3.8) is 0 Å². The number of benzene rings is 1. The van der Waals surface area contributed by atoms with Gasteiger partial charge in [-0.1, -0.05) is 11.6 Å². The predicted octanol–water partition coefficient (Wildman–Crippen LogP) is 3.79. The zero-order valence-electron chi connectivity index (χ0n) is 14.6. The molecule has 0 spiro atoms. The van der Waals surface area contributed by atoms with E-state index in [2.05, 4.69) is 21.9 Å². The molecule has 0 saturated carbocycles. The van der Waals surface area contributed by atoms with Crippen LogP contribution < -0.4 is 0 Å². The van der Waals surface area contributed by atoms with Gasteiger partial charge in [0.25, 0.3) is 0 Å². The number of H-pyrrole nitrogens is 1. The summed E-state index contributed by atoms with van der Waals surface area (Å²) in [4.78, 5) is 5.98. The molecule has 0 bridgehead atoms. The normalized spacial score (nSPS) is 16.8. The first kappa shape index (κ1) is 16.6. The van der Waals surface area contributed by atoms with Crippen LogP contribution in [-0.4, -0.2) is 31.3 Å². The van der Waals surface area contributed by atoms with E-state index in [1.165, 1.54) is 22.3 Å². The van der Waals surface area contributed by atoms with Gasteiger partial charge in [0.05, 0.1) is 17.5 Å². The molecule has 3 heterocycles. The van der Waals surface area contributed by atoms with Crippen LogP contribution in [0.1, 0.15) is 42.1 Å². The average molecular weight is 359 g/mol. The van der Waals surface area contributed by atoms with Crippen LogP contribution in [0.5, 0.6) is 0 Å². The van der Waals surface area contributed by atoms with Crippen LogP contribution in [0.3, 0.4) is 0 Å². The quantitative estimate of drug-likeness (QED) is 0.749. The number of nitrogens with zero attached hydrogens (tertiary/aromatic N) is 3. The smallest absolute Gasteiger partial charge is 0.0950 e. The fourth-order valence-electron chi connectivity index (χ4n) is 3.63. The Kier molecular flexibility index (Phi) is 4.31. The van der Waals surface area contributed by atoms with E-state index in [0.717, 1.165) is 48.8 Å². The second-order valence-corrected chi connectivity index (χ2v) is 7.38. The lowest BCUT2D eigenvalue weighted by Gasteiger charge is -2.19. The maximum absolute atomic E-state index is 9.78. The van der Waals surface area contributed by atoms with Crippen molar-refractivity contribution in [3.05, 3.63) is 51.9 Å². The highest BCUT2D eigenvalue weighted by atomic mass is 35.5. The number of halogens is 1. The minimum Gasteiger partial charge on any atom is -0.387 e. The Labute approximate surface area is 152 Å². The van der Waals surface area contributed by atoms with Gasteiger partial charge in [-0.05, 0) is 50.1 Å². The van der Waals surface area contributed by atoms with Gasteiger partial charge in [-0.25, -0.2) is 0 Å². The molecule has 6 heteroatoms. The van der Waals surface area contributed by atoms with E-state index in [9.17, 15) is 5.11 Å². The van der Waals surface area contributed by atoms with E-state index in [1.54, 1.807) is 6.92 Å². The van der Waals surface area contributed by atoms with Crippen LogP contribution >= 0.6 is 11.6 Å². The Morgan fingerprint density at radius 1 is 1.32 bits per heavy atom. The first-order chi connectivity index (χ1) is 12.0. The number of aliphatic hydroxyl groups excluding tert-OH is 1. The number of aromatic nitrogens is 3. The van der Waals surface area contributed by atoms with Crippen LogP contribution in [0.2, 0.25) is 5.02 Å². The highest BCUT2D eigenvalue weighted by Crippen LogP contribution is 2.27. The first-order valence-electron chi connectivity index (χ1n) is 8.75. The molecule has 1 aromatic carbocycles. The van der Waals surface area contributed by atoms with Crippen molar-refractivity contribution in [2.75, 3.05) is 6.54 Å². The molecular formula is C19H23ClN4O. The maximum Gasteiger partial charge on any atom is 0.0950 e. The monoisotopic (exact) mass is 358 g/mol. The number of rotatable bonds is 3. The van der Waals surface area contributed by atoms with Gasteiger partial charge in [-0.3, -0.25) is 9.58 Å². The number of aliphatic hydroxyl groups is 1. The fraction of sp³-hybridized carbons (Fsp3) is 0.421. The van der Waals surface area contributed by atoms with Gasteiger partial charge in [-0.2, -0.15) is 5.10 Å². The second kappa shape index (κ2) is 6.48. The molecule has 0 aliphatic carbocycles. The van der Waals surface area contributed by atoms with E-state index in [4.69, 9.17) is 11.6 Å². The molecule has 2 aromatic heterocycles. The summed E-state index contributed by atoms with van der Waals surface area (Å²) < 4.78 is 2.04. The minimum absolute atomic E-state index is 0.520. The minimum atomic E-state index is -0.520. The number of fused-ring (bicyclic) bond motifs is 2. The summed E-state index contributed by atoms with van der Waals surface area (Å²) in [6, 6.07) is 8.02. The molecule has 0 fully saturated rings. The summed E-state index contributed by atoms with van der Waals surface area (Å²) >= 11 is 6.14. The third-order valence-corrected chi connectivity index (χ3v) is 5.28. The van der Waals surface area contributed by atoms with E-state index in [0.29, 0.717) is 0 Å². The molecule has 1 aliphatic rings. The zero-order chi connectivity index (χ0) is 17.6. The first-order valence-corrected chi connectivity index (χ1v) is 9.13. The Morgan fingerprint density at radius 3 is 2.96 bits per heavy atom. The van der Waals surface area contributed by atoms with E-state index in [1.807, 2.05) is 28.9 Å². The van der Waals surface area contributed by atoms with Gasteiger partial charge >= 0.3 is 0 Å². The van der Waals surface area contributed by atoms with Gasteiger partial charge in [0, 0.05) is 47.8 Å². The summed E-state index contributed by atoms with van der Waals surface area (Å²) in [5, 5.41) is 16.3. The molecule has 2 N–H and O–H groups in total. The molecule has 1 atom stereocenters. The van der Waals surface area contributed by atoms with Crippen molar-refractivity contribution in [3.8, 4) is 0 Å². The second-order valence-electron chi connectivity index (χ2n) is 6.94. The lowest BCUT2D eigenvalue weighted by Crippen LogP contribution is -2.23. The Balaban J connectivity index is 1.59. The van der Waals surface area contributed by atoms with E-state index < -0.39 is 6.10 Å². The van der Waals surface area contributed by atoms with Crippen LogP contribution in [-0.2, 0) is 19.6 Å². The Bertz CT molecular complexity index is 912. The number of hydrogen-bond donors (Lipinski definition) is 2. The number of aryl methyl sites for hydroxylation is 2. The topological polar surface area (TPSA) is 57.1 Å². The maximum atomic E-state index is 9.78. The molecular weight excluding hydrogens is 336 g/mol. The van der Waals surface area contributed by atoms with Gasteiger partial charge in [0.1, 0.15) is 0 Å². The summed E-state index contributed by atoms with van der Waals surface area (Å²) in [5.74, 6) is 0. The Morgan fingerprint density at radius 2 is 2.16 bits per heavy atom. The van der Waals surface area contributed by atoms with E-state index >= 15 is 0 Å². The molecule has 3 aromatic rings. The summed E-state index contributed by atoms with van der Waals surface area (Å²) in [6.07, 6.45) is 0.535. The lowest BCUT2D eigenvalue weighted by molar-refractivity contribution is 0.193. The standard InChI is InChI=1S/C19H23ClN4O/c1-12-16-8-14(20)4-5-17(16)21-19(12)11-23-6-3-7-24-15(10-23)9-18(22-24)13(2)25/h4-5,8-9,13,21,25H,3,6-7,10-11H2,1-2H3/t13-/m0/s1. The third kappa shape index (κ3) is 3.19. The van der Waals surface area contributed by atoms with Crippen molar-refractivity contribution in [2.24, 2.45) is 0 Å². The van der Waals surface area contributed by atoms with Crippen LogP contribution in [0.25, 0.3) is 10.9 Å². The van der Waals surface area contributed by atoms with Crippen molar-refractivity contribution in [2.45, 2.75) is 46.0 Å². The molecule has 5 nitrogen and oxygen atoms in total. The van der Waals surface area contributed by atoms with Crippen LogP contribution in [0.4, 0.5) is 0 Å². The highest BCUT2D eigenvalue weighted by molar-refractivity contribution is 6.31. The largest absolute Gasteiger partial charge is 0.387 e. The molecule has 4 rings (SSSR count). The fourth-order valence-corrected chi connectivity index (χ4v) is 3.80. The summed E-state index contributed by atoms with van der Waals surface area (Å²) in [7, 11) is 0. The van der Waals surface area contributed by atoms with E-state index in [-0.39, 0.29) is 0 Å². The number of nitrogens with one attached hydrogen (secondary N) is 1. The molecule has 132 valence electrons. The number of aromatic amines is 1. The lowest BCUT2D eigenvalue weighted by atomic mass is 10.1. The average Bonchev–Trinajstić information content (AvgIpc) is 3.04. The number of hydrogen-bond acceptors (Lipinski definition) is 3. The van der Waals surface area contributed by atoms with Gasteiger partial charge in [0.15, 0.2) is 0 Å². The van der Waals surface area contributed by atoms with Crippen molar-refractivity contribution < 1.29 is 5.11 Å². The van der Waals surface area contributed by atoms with Gasteiger partial charge in [0.2, 0.25) is 0 Å². The molecule has 0 unspecified atom stereocenters. The summed E-state index contributed by atoms with van der Waals surface area (Å²) in [5.41, 5.74) is 5.56. The molecule has 0 radical (unpaired) electrons. The highest BCUT2D eigenvalue weighted by Gasteiger charge is 2.19. The van der Waals surface area contributed by atoms with Crippen LogP contribution in [0, 0.1) is 6.92 Å². The van der Waals surface area contributed by atoms with Crippen LogP contribution in [0.15, 0.2) is 24.3 Å². The molecule has 25 heavy (non-hydrogen) atoms.